The fraction of sp³-hybridized carbons (Fsp3) is 0.368. The molecule has 126 valence electrons. The number of nitrogens with zero attached hydrogens (tertiary/aromatic N) is 3. The number of hydrogen-bond acceptors (Lipinski definition) is 3. The number of amides is 1. The summed E-state index contributed by atoms with van der Waals surface area (Å²) < 4.78 is 13.3. The number of benzene rings is 1. The molecule has 0 aliphatic carbocycles. The van der Waals surface area contributed by atoms with Gasteiger partial charge in [-0.25, -0.2) is 4.39 Å². The fourth-order valence-corrected chi connectivity index (χ4v) is 3.02. The van der Waals surface area contributed by atoms with E-state index in [2.05, 4.69) is 16.9 Å². The van der Waals surface area contributed by atoms with Gasteiger partial charge in [0.15, 0.2) is 0 Å². The minimum absolute atomic E-state index is 0.0976. The van der Waals surface area contributed by atoms with Crippen LogP contribution in [0, 0.1) is 5.82 Å². The molecule has 1 aliphatic heterocycles. The lowest BCUT2D eigenvalue weighted by Gasteiger charge is -2.34. The Labute approximate surface area is 141 Å². The van der Waals surface area contributed by atoms with Crippen molar-refractivity contribution in [3.8, 4) is 0 Å². The number of carbonyl (C=O) groups is 1. The molecule has 0 radical (unpaired) electrons. The van der Waals surface area contributed by atoms with Crippen molar-refractivity contribution in [1.82, 2.24) is 14.8 Å². The molecular formula is C19H22FN3O. The molecule has 1 aliphatic rings. The van der Waals surface area contributed by atoms with Crippen LogP contribution in [0.4, 0.5) is 4.39 Å². The average molecular weight is 327 g/mol. The van der Waals surface area contributed by atoms with E-state index in [0.29, 0.717) is 6.42 Å². The highest BCUT2D eigenvalue weighted by Gasteiger charge is 2.28. The second-order valence-corrected chi connectivity index (χ2v) is 6.26. The zero-order valence-corrected chi connectivity index (χ0v) is 13.9. The Kier molecular flexibility index (Phi) is 5.20. The van der Waals surface area contributed by atoms with Crippen LogP contribution in [0.25, 0.3) is 0 Å². The number of rotatable bonds is 4. The van der Waals surface area contributed by atoms with Crippen LogP contribution in [0.1, 0.15) is 17.2 Å². The van der Waals surface area contributed by atoms with Gasteiger partial charge in [-0.2, -0.15) is 0 Å². The Morgan fingerprint density at radius 1 is 1.12 bits per heavy atom. The van der Waals surface area contributed by atoms with E-state index in [1.54, 1.807) is 18.3 Å². The van der Waals surface area contributed by atoms with Crippen LogP contribution in [0.5, 0.6) is 0 Å². The van der Waals surface area contributed by atoms with Crippen molar-refractivity contribution in [2.45, 2.75) is 12.3 Å². The molecule has 0 spiro atoms. The second kappa shape index (κ2) is 7.53. The number of aromatic nitrogens is 1. The van der Waals surface area contributed by atoms with Crippen molar-refractivity contribution >= 4 is 5.91 Å². The third-order valence-corrected chi connectivity index (χ3v) is 4.52. The molecule has 1 atom stereocenters. The topological polar surface area (TPSA) is 36.4 Å². The highest BCUT2D eigenvalue weighted by atomic mass is 19.1. The van der Waals surface area contributed by atoms with Gasteiger partial charge in [0.1, 0.15) is 5.82 Å². The Balaban J connectivity index is 1.83. The monoisotopic (exact) mass is 327 g/mol. The summed E-state index contributed by atoms with van der Waals surface area (Å²) in [5, 5.41) is 0. The first kappa shape index (κ1) is 16.6. The van der Waals surface area contributed by atoms with Gasteiger partial charge in [0.2, 0.25) is 5.91 Å². The normalized spacial score (nSPS) is 16.8. The molecule has 1 aromatic carbocycles. The largest absolute Gasteiger partial charge is 0.340 e. The summed E-state index contributed by atoms with van der Waals surface area (Å²) >= 11 is 0. The average Bonchev–Trinajstić information content (AvgIpc) is 2.62. The summed E-state index contributed by atoms with van der Waals surface area (Å²) in [6.07, 6.45) is 2.26. The number of likely N-dealkylation sites (N-methyl/N-ethyl adjacent to an activating group) is 1. The summed E-state index contributed by atoms with van der Waals surface area (Å²) in [7, 11) is 2.06. The standard InChI is InChI=1S/C19H22FN3O/c1-22-10-12-23(13-11-22)19(24)18(14-17-4-2-3-9-21-17)15-5-7-16(20)8-6-15/h2-9,18H,10-14H2,1H3. The van der Waals surface area contributed by atoms with Crippen molar-refractivity contribution in [2.24, 2.45) is 0 Å². The van der Waals surface area contributed by atoms with E-state index in [0.717, 1.165) is 37.4 Å². The maximum atomic E-state index is 13.3. The Bertz CT molecular complexity index is 667. The molecule has 1 fully saturated rings. The van der Waals surface area contributed by atoms with Gasteiger partial charge in [0.05, 0.1) is 5.92 Å². The smallest absolute Gasteiger partial charge is 0.230 e. The predicted molar refractivity (Wildman–Crippen MR) is 91.2 cm³/mol. The molecule has 0 saturated carbocycles. The lowest BCUT2D eigenvalue weighted by molar-refractivity contribution is -0.134. The van der Waals surface area contributed by atoms with Crippen LogP contribution in [-0.4, -0.2) is 53.9 Å². The minimum Gasteiger partial charge on any atom is -0.340 e. The van der Waals surface area contributed by atoms with Crippen molar-refractivity contribution < 1.29 is 9.18 Å². The molecule has 2 aromatic rings. The molecule has 1 unspecified atom stereocenters. The molecule has 24 heavy (non-hydrogen) atoms. The highest BCUT2D eigenvalue weighted by molar-refractivity contribution is 5.84. The van der Waals surface area contributed by atoms with Crippen molar-refractivity contribution in [3.05, 3.63) is 65.7 Å². The summed E-state index contributed by atoms with van der Waals surface area (Å²) in [4.78, 5) is 21.6. The maximum absolute atomic E-state index is 13.3. The van der Waals surface area contributed by atoms with Gasteiger partial charge in [0, 0.05) is 44.5 Å². The predicted octanol–water partition coefficient (Wildman–Crippen LogP) is 2.32. The van der Waals surface area contributed by atoms with Gasteiger partial charge in [-0.3, -0.25) is 9.78 Å². The van der Waals surface area contributed by atoms with Gasteiger partial charge >= 0.3 is 0 Å². The molecule has 3 rings (SSSR count). The molecule has 4 nitrogen and oxygen atoms in total. The summed E-state index contributed by atoms with van der Waals surface area (Å²) in [5.41, 5.74) is 1.71. The summed E-state index contributed by atoms with van der Waals surface area (Å²) in [6, 6.07) is 11.9. The van der Waals surface area contributed by atoms with Crippen LogP contribution in [0.15, 0.2) is 48.7 Å². The Morgan fingerprint density at radius 3 is 2.46 bits per heavy atom. The Morgan fingerprint density at radius 2 is 1.83 bits per heavy atom. The molecule has 1 amide bonds. The van der Waals surface area contributed by atoms with Gasteiger partial charge in [-0.15, -0.1) is 0 Å². The molecular weight excluding hydrogens is 305 g/mol. The molecule has 5 heteroatoms. The lowest BCUT2D eigenvalue weighted by Crippen LogP contribution is -2.48. The van der Waals surface area contributed by atoms with Gasteiger partial charge in [-0.1, -0.05) is 18.2 Å². The highest BCUT2D eigenvalue weighted by Crippen LogP contribution is 2.24. The van der Waals surface area contributed by atoms with Crippen LogP contribution in [-0.2, 0) is 11.2 Å². The van der Waals surface area contributed by atoms with Crippen LogP contribution in [0.2, 0.25) is 0 Å². The molecule has 1 aromatic heterocycles. The van der Waals surface area contributed by atoms with E-state index in [-0.39, 0.29) is 17.6 Å². The summed E-state index contributed by atoms with van der Waals surface area (Å²) in [6.45, 7) is 3.22. The van der Waals surface area contributed by atoms with Crippen molar-refractivity contribution in [2.75, 3.05) is 33.2 Å². The first-order valence-corrected chi connectivity index (χ1v) is 8.26. The number of halogens is 1. The molecule has 1 saturated heterocycles. The zero-order valence-electron chi connectivity index (χ0n) is 13.9. The van der Waals surface area contributed by atoms with Gasteiger partial charge in [0.25, 0.3) is 0 Å². The van der Waals surface area contributed by atoms with Crippen molar-refractivity contribution in [3.63, 3.8) is 0 Å². The fourth-order valence-electron chi connectivity index (χ4n) is 3.02. The third kappa shape index (κ3) is 3.97. The SMILES string of the molecule is CN1CCN(C(=O)C(Cc2ccccn2)c2ccc(F)cc2)CC1. The quantitative estimate of drug-likeness (QED) is 0.865. The second-order valence-electron chi connectivity index (χ2n) is 6.26. The lowest BCUT2D eigenvalue weighted by atomic mass is 9.92. The van der Waals surface area contributed by atoms with E-state index in [9.17, 15) is 9.18 Å². The number of carbonyl (C=O) groups excluding carboxylic acids is 1. The molecule has 0 bridgehead atoms. The van der Waals surface area contributed by atoms with Crippen molar-refractivity contribution in [1.29, 1.82) is 0 Å². The van der Waals surface area contributed by atoms with E-state index in [1.165, 1.54) is 12.1 Å². The minimum atomic E-state index is -0.330. The van der Waals surface area contributed by atoms with E-state index >= 15 is 0 Å². The van der Waals surface area contributed by atoms with Crippen LogP contribution in [0.3, 0.4) is 0 Å². The third-order valence-electron chi connectivity index (χ3n) is 4.52. The van der Waals surface area contributed by atoms with Crippen LogP contribution >= 0.6 is 0 Å². The molecule has 2 heterocycles. The first-order chi connectivity index (χ1) is 11.6. The van der Waals surface area contributed by atoms with Crippen LogP contribution < -0.4 is 0 Å². The first-order valence-electron chi connectivity index (χ1n) is 8.26. The maximum Gasteiger partial charge on any atom is 0.230 e. The van der Waals surface area contributed by atoms with E-state index < -0.39 is 0 Å². The number of piperazine rings is 1. The van der Waals surface area contributed by atoms with Gasteiger partial charge in [-0.05, 0) is 36.9 Å². The molecule has 0 N–H and O–H groups in total. The van der Waals surface area contributed by atoms with E-state index in [1.807, 2.05) is 23.1 Å². The number of hydrogen-bond donors (Lipinski definition) is 0. The number of pyridine rings is 1. The van der Waals surface area contributed by atoms with Gasteiger partial charge < -0.3 is 9.80 Å². The zero-order chi connectivity index (χ0) is 16.9. The Hall–Kier alpha value is -2.27. The van der Waals surface area contributed by atoms with E-state index in [4.69, 9.17) is 0 Å². The summed E-state index contributed by atoms with van der Waals surface area (Å²) in [5.74, 6) is -0.522.